The van der Waals surface area contributed by atoms with Gasteiger partial charge in [-0.2, -0.15) is 0 Å². The van der Waals surface area contributed by atoms with Crippen LogP contribution in [0.4, 0.5) is 0 Å². The van der Waals surface area contributed by atoms with Gasteiger partial charge in [0.05, 0.1) is 6.10 Å². The Hall–Kier alpha value is -0.300. The minimum Gasteiger partial charge on any atom is -0.393 e. The maximum atomic E-state index is 10.3. The zero-order valence-electron chi connectivity index (χ0n) is 16.6. The molecule has 0 heterocycles. The van der Waals surface area contributed by atoms with Crippen molar-refractivity contribution in [2.24, 2.45) is 35.0 Å². The quantitative estimate of drug-likeness (QED) is 0.561. The van der Waals surface area contributed by atoms with E-state index in [0.29, 0.717) is 5.41 Å². The number of unbranched alkanes of at least 4 members (excludes halogenated alkanes) is 1. The van der Waals surface area contributed by atoms with Crippen molar-refractivity contribution in [3.05, 3.63) is 11.6 Å². The number of hydrogen-bond acceptors (Lipinski definition) is 1. The second kappa shape index (κ2) is 7.52. The molecule has 6 unspecified atom stereocenters. The molecule has 0 bridgehead atoms. The zero-order valence-corrected chi connectivity index (χ0v) is 16.6. The summed E-state index contributed by atoms with van der Waals surface area (Å²) in [5, 5.41) is 10.3. The van der Waals surface area contributed by atoms with Crippen LogP contribution < -0.4 is 0 Å². The highest BCUT2D eigenvalue weighted by molar-refractivity contribution is 5.14. The monoisotopic (exact) mass is 332 g/mol. The van der Waals surface area contributed by atoms with Crippen LogP contribution in [0.1, 0.15) is 91.9 Å². The van der Waals surface area contributed by atoms with Gasteiger partial charge >= 0.3 is 0 Å². The predicted molar refractivity (Wildman–Crippen MR) is 103 cm³/mol. The highest BCUT2D eigenvalue weighted by atomic mass is 16.3. The molecule has 3 aliphatic carbocycles. The van der Waals surface area contributed by atoms with E-state index >= 15 is 0 Å². The van der Waals surface area contributed by atoms with Gasteiger partial charge in [0.25, 0.3) is 0 Å². The van der Waals surface area contributed by atoms with Crippen LogP contribution in [-0.4, -0.2) is 11.2 Å². The van der Waals surface area contributed by atoms with Crippen molar-refractivity contribution in [3.8, 4) is 0 Å². The van der Waals surface area contributed by atoms with E-state index in [4.69, 9.17) is 0 Å². The average Bonchev–Trinajstić information content (AvgIpc) is 2.90. The third-order valence-electron chi connectivity index (χ3n) is 8.06. The Morgan fingerprint density at radius 2 is 2.04 bits per heavy atom. The van der Waals surface area contributed by atoms with E-state index < -0.39 is 0 Å². The van der Waals surface area contributed by atoms with E-state index in [1.165, 1.54) is 44.9 Å². The first-order valence-electron chi connectivity index (χ1n) is 10.8. The Balaban J connectivity index is 1.64. The fourth-order valence-corrected chi connectivity index (χ4v) is 6.85. The van der Waals surface area contributed by atoms with E-state index in [0.717, 1.165) is 48.9 Å². The summed E-state index contributed by atoms with van der Waals surface area (Å²) in [4.78, 5) is 0. The summed E-state index contributed by atoms with van der Waals surface area (Å²) in [5.41, 5.74) is 2.18. The van der Waals surface area contributed by atoms with Crippen molar-refractivity contribution >= 4 is 0 Å². The highest BCUT2D eigenvalue weighted by Gasteiger charge is 2.54. The van der Waals surface area contributed by atoms with Crippen molar-refractivity contribution in [1.29, 1.82) is 0 Å². The van der Waals surface area contributed by atoms with Gasteiger partial charge in [-0.15, -0.1) is 0 Å². The summed E-state index contributed by atoms with van der Waals surface area (Å²) in [6.07, 6.45) is 15.1. The van der Waals surface area contributed by atoms with Gasteiger partial charge < -0.3 is 5.11 Å². The Kier molecular flexibility index (Phi) is 5.79. The highest BCUT2D eigenvalue weighted by Crippen LogP contribution is 2.62. The molecule has 0 amide bonds. The summed E-state index contributed by atoms with van der Waals surface area (Å²) in [7, 11) is 0. The number of aliphatic hydroxyl groups excluding tert-OH is 1. The summed E-state index contributed by atoms with van der Waals surface area (Å²) >= 11 is 0. The van der Waals surface area contributed by atoms with Crippen LogP contribution in [0.5, 0.6) is 0 Å². The van der Waals surface area contributed by atoms with Gasteiger partial charge in [0.1, 0.15) is 0 Å². The van der Waals surface area contributed by atoms with Crippen LogP contribution in [0, 0.1) is 35.0 Å². The molecule has 0 aromatic heterocycles. The van der Waals surface area contributed by atoms with Crippen LogP contribution in [0.25, 0.3) is 0 Å². The normalized spacial score (nSPS) is 40.2. The van der Waals surface area contributed by atoms with Crippen molar-refractivity contribution in [2.45, 2.75) is 98.0 Å². The first-order valence-corrected chi connectivity index (χ1v) is 10.8. The number of aliphatic hydroxyl groups is 1. The molecule has 24 heavy (non-hydrogen) atoms. The standard InChI is InChI=1S/C23H40O/c1-5-6-7-19(24)15-17-8-9-20-18(14-17)12-13-23(4)21(16(2)3)10-11-22(20)23/h8,16,18-22,24H,5-7,9-15H2,1-4H3. The van der Waals surface area contributed by atoms with Crippen molar-refractivity contribution in [2.75, 3.05) is 0 Å². The smallest absolute Gasteiger partial charge is 0.0577 e. The third kappa shape index (κ3) is 3.48. The fourth-order valence-electron chi connectivity index (χ4n) is 6.85. The molecule has 0 saturated heterocycles. The zero-order chi connectivity index (χ0) is 17.3. The molecule has 0 aromatic rings. The molecule has 0 radical (unpaired) electrons. The van der Waals surface area contributed by atoms with Gasteiger partial charge in [0.2, 0.25) is 0 Å². The van der Waals surface area contributed by atoms with E-state index in [-0.39, 0.29) is 6.10 Å². The van der Waals surface area contributed by atoms with Gasteiger partial charge in [-0.3, -0.25) is 0 Å². The molecule has 3 rings (SSSR count). The number of fused-ring (bicyclic) bond motifs is 3. The SMILES string of the molecule is CCCCC(O)CC1=CCC2C(CCC3(C)C(C(C)C)CCC23)C1. The van der Waals surface area contributed by atoms with Crippen LogP contribution >= 0.6 is 0 Å². The maximum Gasteiger partial charge on any atom is 0.0577 e. The van der Waals surface area contributed by atoms with E-state index in [1.54, 1.807) is 5.57 Å². The molecule has 2 saturated carbocycles. The number of allylic oxidation sites excluding steroid dienone is 1. The summed E-state index contributed by atoms with van der Waals surface area (Å²) in [5.74, 6) is 4.60. The Morgan fingerprint density at radius 1 is 1.25 bits per heavy atom. The van der Waals surface area contributed by atoms with Gasteiger partial charge in [0, 0.05) is 0 Å². The van der Waals surface area contributed by atoms with Gasteiger partial charge in [-0.1, -0.05) is 52.2 Å². The molecule has 0 spiro atoms. The Morgan fingerprint density at radius 3 is 2.75 bits per heavy atom. The van der Waals surface area contributed by atoms with Crippen LogP contribution in [-0.2, 0) is 0 Å². The molecular weight excluding hydrogens is 292 g/mol. The summed E-state index contributed by atoms with van der Waals surface area (Å²) in [6.45, 7) is 9.73. The van der Waals surface area contributed by atoms with Crippen molar-refractivity contribution in [1.82, 2.24) is 0 Å². The molecule has 2 fully saturated rings. The van der Waals surface area contributed by atoms with E-state index in [1.807, 2.05) is 0 Å². The molecule has 6 atom stereocenters. The lowest BCUT2D eigenvalue weighted by molar-refractivity contribution is -0.00342. The van der Waals surface area contributed by atoms with Crippen LogP contribution in [0.2, 0.25) is 0 Å². The molecule has 138 valence electrons. The lowest BCUT2D eigenvalue weighted by Crippen LogP contribution is -2.43. The second-order valence-corrected chi connectivity index (χ2v) is 9.81. The van der Waals surface area contributed by atoms with E-state index in [2.05, 4.69) is 33.8 Å². The Bertz CT molecular complexity index is 451. The summed E-state index contributed by atoms with van der Waals surface area (Å²) < 4.78 is 0. The number of hydrogen-bond donors (Lipinski definition) is 1. The van der Waals surface area contributed by atoms with Crippen molar-refractivity contribution < 1.29 is 5.11 Å². The largest absolute Gasteiger partial charge is 0.393 e. The molecule has 1 nitrogen and oxygen atoms in total. The molecule has 0 aromatic carbocycles. The molecule has 0 aliphatic heterocycles. The lowest BCUT2D eigenvalue weighted by atomic mass is 9.54. The molecular formula is C23H40O. The minimum absolute atomic E-state index is 0.0987. The maximum absolute atomic E-state index is 10.3. The molecule has 1 heteroatoms. The van der Waals surface area contributed by atoms with Gasteiger partial charge in [-0.25, -0.2) is 0 Å². The third-order valence-corrected chi connectivity index (χ3v) is 8.06. The van der Waals surface area contributed by atoms with Gasteiger partial charge in [0.15, 0.2) is 0 Å². The minimum atomic E-state index is -0.0987. The van der Waals surface area contributed by atoms with Crippen LogP contribution in [0.15, 0.2) is 11.6 Å². The topological polar surface area (TPSA) is 20.2 Å². The predicted octanol–water partition coefficient (Wildman–Crippen LogP) is 6.36. The van der Waals surface area contributed by atoms with Gasteiger partial charge in [-0.05, 0) is 86.4 Å². The first-order chi connectivity index (χ1) is 11.5. The average molecular weight is 333 g/mol. The number of rotatable bonds is 6. The fraction of sp³-hybridized carbons (Fsp3) is 0.913. The molecule has 1 N–H and O–H groups in total. The first kappa shape index (κ1) is 18.5. The lowest BCUT2D eigenvalue weighted by Gasteiger charge is -2.51. The van der Waals surface area contributed by atoms with Crippen molar-refractivity contribution in [3.63, 3.8) is 0 Å². The second-order valence-electron chi connectivity index (χ2n) is 9.81. The molecule has 3 aliphatic rings. The summed E-state index contributed by atoms with van der Waals surface area (Å²) in [6, 6.07) is 0. The van der Waals surface area contributed by atoms with E-state index in [9.17, 15) is 5.11 Å². The Labute approximate surface area is 150 Å². The van der Waals surface area contributed by atoms with Crippen LogP contribution in [0.3, 0.4) is 0 Å².